The third-order valence-corrected chi connectivity index (χ3v) is 1.50. The van der Waals surface area contributed by atoms with Crippen LogP contribution in [0.25, 0.3) is 0 Å². The summed E-state index contributed by atoms with van der Waals surface area (Å²) in [5.74, 6) is 0. The zero-order chi connectivity index (χ0) is 9.49. The molecule has 0 saturated heterocycles. The van der Waals surface area contributed by atoms with Gasteiger partial charge in [0.2, 0.25) is 8.32 Å². The normalized spacial score (nSPS) is 11.2. The van der Waals surface area contributed by atoms with Gasteiger partial charge in [0.25, 0.3) is 0 Å². The van der Waals surface area contributed by atoms with Gasteiger partial charge in [-0.25, -0.2) is 0 Å². The Kier molecular flexibility index (Phi) is 9.82. The van der Waals surface area contributed by atoms with E-state index >= 15 is 0 Å². The SMILES string of the molecule is C[SiH](C)Cl.C[Si](C)(C)OO[SiH3]. The Labute approximate surface area is 80.1 Å². The van der Waals surface area contributed by atoms with Gasteiger partial charge in [0.05, 0.1) is 0 Å². The molecule has 0 amide bonds. The van der Waals surface area contributed by atoms with Crippen LogP contribution in [0, 0.1) is 0 Å². The molecule has 0 spiro atoms. The summed E-state index contributed by atoms with van der Waals surface area (Å²) >= 11 is 5.41. The molecule has 0 bridgehead atoms. The molecule has 6 heteroatoms. The molecule has 0 aromatic carbocycles. The molecule has 0 aliphatic rings. The van der Waals surface area contributed by atoms with Gasteiger partial charge in [0.15, 0.2) is 10.5 Å². The van der Waals surface area contributed by atoms with Crippen LogP contribution in [0.3, 0.4) is 0 Å². The average molecular weight is 231 g/mol. The van der Waals surface area contributed by atoms with E-state index in [-0.39, 0.29) is 0 Å². The molecule has 0 heterocycles. The van der Waals surface area contributed by atoms with Crippen molar-refractivity contribution in [3.05, 3.63) is 0 Å². The molecule has 0 aliphatic carbocycles. The Morgan fingerprint density at radius 1 is 1.27 bits per heavy atom. The second kappa shape index (κ2) is 7.51. The lowest BCUT2D eigenvalue weighted by molar-refractivity contribution is -0.105. The van der Waals surface area contributed by atoms with Crippen molar-refractivity contribution in [2.75, 3.05) is 0 Å². The van der Waals surface area contributed by atoms with Gasteiger partial charge in [0, 0.05) is 0 Å². The smallest absolute Gasteiger partial charge is 0.228 e. The topological polar surface area (TPSA) is 18.5 Å². The van der Waals surface area contributed by atoms with Crippen LogP contribution in [0.5, 0.6) is 0 Å². The molecule has 0 N–H and O–H groups in total. The van der Waals surface area contributed by atoms with E-state index in [1.807, 2.05) is 0 Å². The lowest BCUT2D eigenvalue weighted by atomic mass is 11.8. The largest absolute Gasteiger partial charge is 0.310 e. The van der Waals surface area contributed by atoms with Crippen molar-refractivity contribution in [2.45, 2.75) is 32.7 Å². The molecule has 0 saturated carbocycles. The van der Waals surface area contributed by atoms with Gasteiger partial charge in [0.1, 0.15) is 8.11 Å². The van der Waals surface area contributed by atoms with E-state index in [2.05, 4.69) is 37.3 Å². The van der Waals surface area contributed by atoms with Crippen LogP contribution in [0.15, 0.2) is 0 Å². The average Bonchev–Trinajstić information content (AvgIpc) is 1.58. The van der Waals surface area contributed by atoms with Crippen LogP contribution < -0.4 is 0 Å². The summed E-state index contributed by atoms with van der Waals surface area (Å²) in [6.07, 6.45) is 0. The van der Waals surface area contributed by atoms with E-state index in [0.29, 0.717) is 10.5 Å². The van der Waals surface area contributed by atoms with Crippen LogP contribution >= 0.6 is 11.1 Å². The molecule has 11 heavy (non-hydrogen) atoms. The summed E-state index contributed by atoms with van der Waals surface area (Å²) in [7, 11) is -1.33. The molecule has 0 fully saturated rings. The molecular formula is C5H19ClO2Si3. The predicted molar refractivity (Wildman–Crippen MR) is 60.2 cm³/mol. The van der Waals surface area contributed by atoms with E-state index in [1.165, 1.54) is 0 Å². The van der Waals surface area contributed by atoms with Gasteiger partial charge in [-0.15, -0.1) is 0 Å². The monoisotopic (exact) mass is 230 g/mol. The van der Waals surface area contributed by atoms with Crippen molar-refractivity contribution in [1.29, 1.82) is 0 Å². The molecule has 0 aromatic heterocycles. The molecule has 70 valence electrons. The lowest BCUT2D eigenvalue weighted by Crippen LogP contribution is -2.24. The van der Waals surface area contributed by atoms with Crippen LogP contribution in [0.4, 0.5) is 0 Å². The van der Waals surface area contributed by atoms with Crippen molar-refractivity contribution in [3.63, 3.8) is 0 Å². The highest BCUT2D eigenvalue weighted by Crippen LogP contribution is 2.00. The minimum absolute atomic E-state index is 0.667. The summed E-state index contributed by atoms with van der Waals surface area (Å²) in [4.78, 5) is 0. The van der Waals surface area contributed by atoms with E-state index in [9.17, 15) is 0 Å². The highest BCUT2D eigenvalue weighted by atomic mass is 35.6. The van der Waals surface area contributed by atoms with Gasteiger partial charge in [-0.3, -0.25) is 4.58 Å². The Morgan fingerprint density at radius 3 is 1.55 bits per heavy atom. The van der Waals surface area contributed by atoms with E-state index < -0.39 is 16.4 Å². The maximum Gasteiger partial charge on any atom is 0.228 e. The second-order valence-electron chi connectivity index (χ2n) is 3.38. The molecule has 2 nitrogen and oxygen atoms in total. The summed E-state index contributed by atoms with van der Waals surface area (Å²) in [6, 6.07) is 0. The molecule has 0 unspecified atom stereocenters. The fourth-order valence-corrected chi connectivity index (χ4v) is 2.25. The van der Waals surface area contributed by atoms with E-state index in [4.69, 9.17) is 15.7 Å². The van der Waals surface area contributed by atoms with E-state index in [1.54, 1.807) is 0 Å². The van der Waals surface area contributed by atoms with Crippen LogP contribution in [-0.4, -0.2) is 26.9 Å². The Hall–Kier alpha value is 0.861. The molecule has 0 aromatic rings. The van der Waals surface area contributed by atoms with Gasteiger partial charge in [-0.05, 0) is 19.6 Å². The van der Waals surface area contributed by atoms with Crippen LogP contribution in [-0.2, 0) is 9.15 Å². The minimum Gasteiger partial charge on any atom is -0.310 e. The van der Waals surface area contributed by atoms with Crippen molar-refractivity contribution >= 4 is 38.0 Å². The Morgan fingerprint density at radius 2 is 1.55 bits per heavy atom. The van der Waals surface area contributed by atoms with Gasteiger partial charge in [-0.1, -0.05) is 13.1 Å². The first-order valence-electron chi connectivity index (χ1n) is 3.65. The summed E-state index contributed by atoms with van der Waals surface area (Å²) in [5, 5.41) is 0. The molecular weight excluding hydrogens is 212 g/mol. The zero-order valence-corrected chi connectivity index (χ0v) is 13.2. The number of halogens is 1. The third kappa shape index (κ3) is 36.1. The summed E-state index contributed by atoms with van der Waals surface area (Å²) in [6.45, 7) is 10.4. The molecule has 0 radical (unpaired) electrons. The maximum absolute atomic E-state index is 5.41. The fourth-order valence-electron chi connectivity index (χ4n) is 0.250. The highest BCUT2D eigenvalue weighted by Gasteiger charge is 2.13. The lowest BCUT2D eigenvalue weighted by Gasteiger charge is -2.12. The van der Waals surface area contributed by atoms with Gasteiger partial charge in [-0.2, -0.15) is 11.1 Å². The van der Waals surface area contributed by atoms with Crippen LogP contribution in [0.1, 0.15) is 0 Å². The minimum atomic E-state index is -1.34. The first-order valence-corrected chi connectivity index (χ1v) is 11.9. The predicted octanol–water partition coefficient (Wildman–Crippen LogP) is 1.26. The number of hydrogen-bond acceptors (Lipinski definition) is 2. The van der Waals surface area contributed by atoms with Crippen LogP contribution in [0.2, 0.25) is 32.7 Å². The summed E-state index contributed by atoms with van der Waals surface area (Å²) < 4.78 is 9.54. The standard InChI is InChI=1S/C3H12O2Si2.C2H7ClSi/c1-7(2,3)5-4-6;1-4(2)3/h1-3,6H3;4H,1-2H3. The molecule has 0 aliphatic heterocycles. The first-order chi connectivity index (χ1) is 4.79. The third-order valence-electron chi connectivity index (χ3n) is 0.333. The van der Waals surface area contributed by atoms with Gasteiger partial charge < -0.3 is 4.58 Å². The maximum atomic E-state index is 5.41. The van der Waals surface area contributed by atoms with Crippen molar-refractivity contribution in [1.82, 2.24) is 0 Å². The van der Waals surface area contributed by atoms with Crippen molar-refractivity contribution in [3.8, 4) is 0 Å². The second-order valence-corrected chi connectivity index (χ2v) is 12.7. The van der Waals surface area contributed by atoms with Crippen molar-refractivity contribution < 1.29 is 9.15 Å². The van der Waals surface area contributed by atoms with Crippen molar-refractivity contribution in [2.24, 2.45) is 0 Å². The summed E-state index contributed by atoms with van der Waals surface area (Å²) in [5.41, 5.74) is 0. The highest BCUT2D eigenvalue weighted by molar-refractivity contribution is 7.05. The Balaban J connectivity index is 0. The number of hydrogen-bond donors (Lipinski definition) is 0. The van der Waals surface area contributed by atoms with E-state index in [0.717, 1.165) is 0 Å². The quantitative estimate of drug-likeness (QED) is 0.308. The molecule has 0 atom stereocenters. The zero-order valence-electron chi connectivity index (χ0n) is 8.27. The Bertz CT molecular complexity index is 81.5. The van der Waals surface area contributed by atoms with Gasteiger partial charge >= 0.3 is 0 Å². The molecule has 0 rings (SSSR count). The fraction of sp³-hybridized carbons (Fsp3) is 1.00. The number of rotatable bonds is 2. The first kappa shape index (κ1) is 14.4.